The predicted octanol–water partition coefficient (Wildman–Crippen LogP) is 2.33. The Kier molecular flexibility index (Phi) is 2.95. The van der Waals surface area contributed by atoms with Crippen LogP contribution in [0.2, 0.25) is 0 Å². The number of carboxylic acids is 1. The number of aromatic nitrogens is 3. The van der Waals surface area contributed by atoms with Crippen LogP contribution in [0.25, 0.3) is 16.9 Å². The Hall–Kier alpha value is -2.69. The zero-order valence-corrected chi connectivity index (χ0v) is 10.9. The van der Waals surface area contributed by atoms with Gasteiger partial charge in [0.15, 0.2) is 5.65 Å². The average molecular weight is 267 g/mol. The monoisotopic (exact) mass is 267 g/mol. The van der Waals surface area contributed by atoms with Crippen molar-refractivity contribution in [1.82, 2.24) is 14.6 Å². The number of nitrogens with zero attached hydrogens (tertiary/aromatic N) is 3. The number of fused-ring (bicyclic) bond motifs is 1. The second-order valence-electron chi connectivity index (χ2n) is 4.62. The molecule has 3 aromatic rings. The van der Waals surface area contributed by atoms with Crippen LogP contribution in [0.5, 0.6) is 0 Å². The van der Waals surface area contributed by atoms with Crippen LogP contribution in [0, 0.1) is 6.92 Å². The molecule has 0 fully saturated rings. The number of hydrogen-bond acceptors (Lipinski definition) is 3. The van der Waals surface area contributed by atoms with Gasteiger partial charge in [-0.25, -0.2) is 9.50 Å². The van der Waals surface area contributed by atoms with Gasteiger partial charge in [-0.15, -0.1) is 0 Å². The standard InChI is InChI=1S/C15H13N3O2/c1-10-4-2-3-5-12(10)13-6-7-14-16-9-11(8-15(19)20)18(14)17-13/h2-7,9H,8H2,1H3,(H,19,20). The molecule has 5 nitrogen and oxygen atoms in total. The summed E-state index contributed by atoms with van der Waals surface area (Å²) >= 11 is 0. The van der Waals surface area contributed by atoms with Gasteiger partial charge in [-0.2, -0.15) is 5.10 Å². The summed E-state index contributed by atoms with van der Waals surface area (Å²) < 4.78 is 1.59. The van der Waals surface area contributed by atoms with Crippen molar-refractivity contribution < 1.29 is 9.90 Å². The van der Waals surface area contributed by atoms with Gasteiger partial charge in [0.25, 0.3) is 0 Å². The van der Waals surface area contributed by atoms with Crippen molar-refractivity contribution in [2.75, 3.05) is 0 Å². The Labute approximate surface area is 115 Å². The molecule has 0 atom stereocenters. The van der Waals surface area contributed by atoms with Crippen molar-refractivity contribution in [2.45, 2.75) is 13.3 Å². The average Bonchev–Trinajstić information content (AvgIpc) is 2.81. The van der Waals surface area contributed by atoms with E-state index in [0.29, 0.717) is 11.3 Å². The minimum absolute atomic E-state index is 0.0919. The van der Waals surface area contributed by atoms with E-state index >= 15 is 0 Å². The number of imidazole rings is 1. The molecule has 0 radical (unpaired) electrons. The fourth-order valence-corrected chi connectivity index (χ4v) is 2.20. The number of benzene rings is 1. The Morgan fingerprint density at radius 3 is 2.80 bits per heavy atom. The Bertz CT molecular complexity index is 793. The number of carbonyl (C=O) groups is 1. The van der Waals surface area contributed by atoms with Gasteiger partial charge in [0, 0.05) is 5.56 Å². The summed E-state index contributed by atoms with van der Waals surface area (Å²) in [4.78, 5) is 15.0. The van der Waals surface area contributed by atoms with E-state index < -0.39 is 5.97 Å². The predicted molar refractivity (Wildman–Crippen MR) is 74.5 cm³/mol. The number of hydrogen-bond donors (Lipinski definition) is 1. The number of carboxylic acid groups (broad SMARTS) is 1. The van der Waals surface area contributed by atoms with Gasteiger partial charge in [-0.3, -0.25) is 4.79 Å². The van der Waals surface area contributed by atoms with E-state index in [1.165, 1.54) is 0 Å². The molecule has 0 aliphatic heterocycles. The lowest BCUT2D eigenvalue weighted by molar-refractivity contribution is -0.136. The molecule has 3 rings (SSSR count). The first-order valence-corrected chi connectivity index (χ1v) is 6.26. The third-order valence-electron chi connectivity index (χ3n) is 3.19. The normalized spacial score (nSPS) is 10.8. The molecule has 2 aromatic heterocycles. The third kappa shape index (κ3) is 2.14. The second kappa shape index (κ2) is 4.77. The van der Waals surface area contributed by atoms with E-state index in [1.54, 1.807) is 10.7 Å². The smallest absolute Gasteiger partial charge is 0.309 e. The first-order chi connectivity index (χ1) is 9.65. The quantitative estimate of drug-likeness (QED) is 0.790. The van der Waals surface area contributed by atoms with Crippen LogP contribution in [0.4, 0.5) is 0 Å². The maximum atomic E-state index is 10.9. The van der Waals surface area contributed by atoms with E-state index in [0.717, 1.165) is 16.8 Å². The van der Waals surface area contributed by atoms with Gasteiger partial charge in [0.1, 0.15) is 0 Å². The molecule has 2 heterocycles. The fourth-order valence-electron chi connectivity index (χ4n) is 2.20. The molecule has 20 heavy (non-hydrogen) atoms. The SMILES string of the molecule is Cc1ccccc1-c1ccc2ncc(CC(=O)O)n2n1. The van der Waals surface area contributed by atoms with E-state index in [1.807, 2.05) is 43.3 Å². The van der Waals surface area contributed by atoms with E-state index in [-0.39, 0.29) is 6.42 Å². The van der Waals surface area contributed by atoms with Crippen LogP contribution in [0.1, 0.15) is 11.3 Å². The Morgan fingerprint density at radius 1 is 1.25 bits per heavy atom. The van der Waals surface area contributed by atoms with Crippen molar-refractivity contribution in [3.05, 3.63) is 53.9 Å². The summed E-state index contributed by atoms with van der Waals surface area (Å²) in [6, 6.07) is 11.7. The molecule has 0 aliphatic rings. The van der Waals surface area contributed by atoms with Crippen molar-refractivity contribution >= 4 is 11.6 Å². The molecule has 0 saturated heterocycles. The van der Waals surface area contributed by atoms with Crippen LogP contribution in [0.3, 0.4) is 0 Å². The lowest BCUT2D eigenvalue weighted by atomic mass is 10.1. The highest BCUT2D eigenvalue weighted by Crippen LogP contribution is 2.21. The lowest BCUT2D eigenvalue weighted by Crippen LogP contribution is -2.05. The Morgan fingerprint density at radius 2 is 2.05 bits per heavy atom. The molecular weight excluding hydrogens is 254 g/mol. The lowest BCUT2D eigenvalue weighted by Gasteiger charge is -2.06. The summed E-state index contributed by atoms with van der Waals surface area (Å²) in [5.74, 6) is -0.894. The molecule has 100 valence electrons. The van der Waals surface area contributed by atoms with Crippen molar-refractivity contribution in [2.24, 2.45) is 0 Å². The molecular formula is C15H13N3O2. The molecule has 0 aliphatic carbocycles. The van der Waals surface area contributed by atoms with Gasteiger partial charge < -0.3 is 5.11 Å². The highest BCUT2D eigenvalue weighted by molar-refractivity contribution is 5.70. The highest BCUT2D eigenvalue weighted by Gasteiger charge is 2.10. The first kappa shape index (κ1) is 12.3. The molecule has 5 heteroatoms. The van der Waals surface area contributed by atoms with Crippen molar-refractivity contribution in [1.29, 1.82) is 0 Å². The van der Waals surface area contributed by atoms with Gasteiger partial charge in [-0.1, -0.05) is 24.3 Å². The second-order valence-corrected chi connectivity index (χ2v) is 4.62. The van der Waals surface area contributed by atoms with Crippen LogP contribution in [-0.2, 0) is 11.2 Å². The largest absolute Gasteiger partial charge is 0.481 e. The molecule has 0 spiro atoms. The van der Waals surface area contributed by atoms with Crippen LogP contribution in [0.15, 0.2) is 42.6 Å². The number of rotatable bonds is 3. The van der Waals surface area contributed by atoms with Crippen molar-refractivity contribution in [3.63, 3.8) is 0 Å². The van der Waals surface area contributed by atoms with E-state index in [9.17, 15) is 4.79 Å². The fraction of sp³-hybridized carbons (Fsp3) is 0.133. The van der Waals surface area contributed by atoms with E-state index in [2.05, 4.69) is 10.1 Å². The maximum absolute atomic E-state index is 10.9. The topological polar surface area (TPSA) is 67.5 Å². The molecule has 0 unspecified atom stereocenters. The minimum atomic E-state index is -0.894. The van der Waals surface area contributed by atoms with Gasteiger partial charge >= 0.3 is 5.97 Å². The van der Waals surface area contributed by atoms with Crippen LogP contribution >= 0.6 is 0 Å². The van der Waals surface area contributed by atoms with Gasteiger partial charge in [-0.05, 0) is 24.6 Å². The number of aliphatic carboxylic acids is 1. The van der Waals surface area contributed by atoms with Crippen LogP contribution < -0.4 is 0 Å². The summed E-state index contributed by atoms with van der Waals surface area (Å²) in [7, 11) is 0. The molecule has 0 bridgehead atoms. The molecule has 0 saturated carbocycles. The first-order valence-electron chi connectivity index (χ1n) is 6.26. The Balaban J connectivity index is 2.14. The summed E-state index contributed by atoms with van der Waals surface area (Å²) in [6.07, 6.45) is 1.46. The number of aryl methyl sites for hydroxylation is 1. The zero-order valence-electron chi connectivity index (χ0n) is 10.9. The van der Waals surface area contributed by atoms with Gasteiger partial charge in [0.2, 0.25) is 0 Å². The molecule has 1 aromatic carbocycles. The van der Waals surface area contributed by atoms with Gasteiger partial charge in [0.05, 0.1) is 24.0 Å². The maximum Gasteiger partial charge on any atom is 0.309 e. The minimum Gasteiger partial charge on any atom is -0.481 e. The summed E-state index contributed by atoms with van der Waals surface area (Å²) in [5.41, 5.74) is 4.19. The summed E-state index contributed by atoms with van der Waals surface area (Å²) in [5, 5.41) is 13.4. The molecule has 1 N–H and O–H groups in total. The van der Waals surface area contributed by atoms with Crippen molar-refractivity contribution in [3.8, 4) is 11.3 Å². The third-order valence-corrected chi connectivity index (χ3v) is 3.19. The highest BCUT2D eigenvalue weighted by atomic mass is 16.4. The molecule has 0 amide bonds. The summed E-state index contributed by atoms with van der Waals surface area (Å²) in [6.45, 7) is 2.02. The zero-order chi connectivity index (χ0) is 14.1. The van der Waals surface area contributed by atoms with E-state index in [4.69, 9.17) is 5.11 Å². The van der Waals surface area contributed by atoms with Crippen LogP contribution in [-0.4, -0.2) is 25.7 Å².